The Kier molecular flexibility index (Phi) is 7.97. The molecule has 35 heavy (non-hydrogen) atoms. The molecule has 0 aliphatic carbocycles. The van der Waals surface area contributed by atoms with E-state index in [2.05, 4.69) is 75.8 Å². The van der Waals surface area contributed by atoms with Crippen LogP contribution in [0.3, 0.4) is 0 Å². The Morgan fingerprint density at radius 2 is 2.09 bits per heavy atom. The second-order valence-electron chi connectivity index (χ2n) is 8.79. The largest absolute Gasteiger partial charge is 0.491 e. The quantitative estimate of drug-likeness (QED) is 0.354. The highest BCUT2D eigenvalue weighted by Gasteiger charge is 2.22. The van der Waals surface area contributed by atoms with Crippen LogP contribution in [0.5, 0.6) is 5.75 Å². The zero-order valence-electron chi connectivity index (χ0n) is 21.4. The lowest BCUT2D eigenvalue weighted by Crippen LogP contribution is -2.30. The molecule has 1 aromatic carbocycles. The van der Waals surface area contributed by atoms with Gasteiger partial charge in [-0.05, 0) is 44.6 Å². The van der Waals surface area contributed by atoms with Gasteiger partial charge in [0.25, 0.3) is 0 Å². The van der Waals surface area contributed by atoms with Crippen molar-refractivity contribution in [2.24, 2.45) is 4.99 Å². The average Bonchev–Trinajstić information content (AvgIpc) is 3.48. The van der Waals surface area contributed by atoms with Gasteiger partial charge in [-0.1, -0.05) is 19.9 Å². The van der Waals surface area contributed by atoms with Crippen molar-refractivity contribution < 1.29 is 4.74 Å². The number of nitrogens with zero attached hydrogens (tertiary/aromatic N) is 7. The molecule has 186 valence electrons. The Labute approximate surface area is 207 Å². The molecule has 0 saturated heterocycles. The number of ether oxygens (including phenoxy) is 1. The summed E-state index contributed by atoms with van der Waals surface area (Å²) in [4.78, 5) is 16.1. The number of benzene rings is 1. The molecule has 0 unspecified atom stereocenters. The molecule has 4 rings (SSSR count). The Hall–Kier alpha value is -3.46. The fourth-order valence-electron chi connectivity index (χ4n) is 4.26. The first-order valence-electron chi connectivity index (χ1n) is 12.4. The number of allylic oxidation sites excluding steroid dienone is 1. The number of aromatic nitrogens is 5. The molecule has 0 radical (unpaired) electrons. The molecule has 0 spiro atoms. The molecule has 3 heterocycles. The number of rotatable bonds is 10. The predicted octanol–water partition coefficient (Wildman–Crippen LogP) is 3.75. The summed E-state index contributed by atoms with van der Waals surface area (Å²) in [6, 6.07) is 6.47. The van der Waals surface area contributed by atoms with E-state index in [4.69, 9.17) is 9.72 Å². The van der Waals surface area contributed by atoms with Crippen LogP contribution in [-0.4, -0.2) is 75.3 Å². The number of imidazole rings is 1. The van der Waals surface area contributed by atoms with Crippen LogP contribution in [0.25, 0.3) is 28.5 Å². The lowest BCUT2D eigenvalue weighted by molar-refractivity contribution is 0.306. The molecular formula is C26H36N8O. The molecule has 1 aliphatic rings. The third-order valence-corrected chi connectivity index (χ3v) is 6.21. The van der Waals surface area contributed by atoms with Gasteiger partial charge in [-0.3, -0.25) is 4.99 Å². The highest BCUT2D eigenvalue weighted by molar-refractivity contribution is 6.09. The maximum Gasteiger partial charge on any atom is 0.178 e. The number of likely N-dealkylation sites (N-methyl/N-ethyl adjacent to an activating group) is 1. The average molecular weight is 477 g/mol. The van der Waals surface area contributed by atoms with Gasteiger partial charge in [0.15, 0.2) is 5.82 Å². The van der Waals surface area contributed by atoms with Gasteiger partial charge in [0.2, 0.25) is 0 Å². The minimum atomic E-state index is 0.207. The highest BCUT2D eigenvalue weighted by Crippen LogP contribution is 2.35. The first-order chi connectivity index (χ1) is 17.0. The summed E-state index contributed by atoms with van der Waals surface area (Å²) >= 11 is 0. The van der Waals surface area contributed by atoms with Crippen molar-refractivity contribution in [2.45, 2.75) is 40.3 Å². The van der Waals surface area contributed by atoms with Crippen LogP contribution in [0.4, 0.5) is 0 Å². The monoisotopic (exact) mass is 476 g/mol. The van der Waals surface area contributed by atoms with Gasteiger partial charge in [-0.2, -0.15) is 5.10 Å². The number of hydrogen-bond donors (Lipinski definition) is 1. The van der Waals surface area contributed by atoms with Crippen molar-refractivity contribution in [3.8, 4) is 28.7 Å². The lowest BCUT2D eigenvalue weighted by Gasteiger charge is -2.17. The van der Waals surface area contributed by atoms with E-state index >= 15 is 0 Å². The molecule has 0 atom stereocenters. The summed E-state index contributed by atoms with van der Waals surface area (Å²) in [5.41, 5.74) is 3.84. The van der Waals surface area contributed by atoms with Gasteiger partial charge in [-0.15, -0.1) is 0 Å². The van der Waals surface area contributed by atoms with Crippen LogP contribution in [0.2, 0.25) is 0 Å². The number of fused-ring (bicyclic) bond motifs is 3. The minimum Gasteiger partial charge on any atom is -0.491 e. The van der Waals surface area contributed by atoms with Gasteiger partial charge in [0.1, 0.15) is 30.2 Å². The zero-order valence-corrected chi connectivity index (χ0v) is 21.4. The Morgan fingerprint density at radius 3 is 2.83 bits per heavy atom. The lowest BCUT2D eigenvalue weighted by atomic mass is 10.0. The molecule has 3 aromatic rings. The number of aliphatic imine (C=N–C) groups is 1. The summed E-state index contributed by atoms with van der Waals surface area (Å²) in [6.45, 7) is 13.8. The van der Waals surface area contributed by atoms with Crippen LogP contribution in [-0.2, 0) is 6.54 Å². The van der Waals surface area contributed by atoms with E-state index in [9.17, 15) is 0 Å². The molecule has 1 aliphatic heterocycles. The summed E-state index contributed by atoms with van der Waals surface area (Å²) in [7, 11) is 1.79. The van der Waals surface area contributed by atoms with E-state index < -0.39 is 0 Å². The van der Waals surface area contributed by atoms with Gasteiger partial charge >= 0.3 is 0 Å². The van der Waals surface area contributed by atoms with Gasteiger partial charge in [0.05, 0.1) is 12.1 Å². The van der Waals surface area contributed by atoms with E-state index in [-0.39, 0.29) is 6.04 Å². The van der Waals surface area contributed by atoms with Gasteiger partial charge < -0.3 is 19.5 Å². The Morgan fingerprint density at radius 1 is 1.26 bits per heavy atom. The molecule has 0 bridgehead atoms. The second kappa shape index (κ2) is 11.3. The predicted molar refractivity (Wildman–Crippen MR) is 141 cm³/mol. The molecule has 9 heteroatoms. The second-order valence-corrected chi connectivity index (χ2v) is 8.79. The maximum absolute atomic E-state index is 6.14. The van der Waals surface area contributed by atoms with Gasteiger partial charge in [0, 0.05) is 50.4 Å². The van der Waals surface area contributed by atoms with E-state index in [1.807, 2.05) is 23.3 Å². The van der Waals surface area contributed by atoms with Gasteiger partial charge in [-0.25, -0.2) is 14.6 Å². The van der Waals surface area contributed by atoms with Crippen molar-refractivity contribution >= 4 is 11.8 Å². The topological polar surface area (TPSA) is 85.4 Å². The zero-order chi connectivity index (χ0) is 24.8. The molecule has 2 aromatic heterocycles. The van der Waals surface area contributed by atoms with E-state index in [1.54, 1.807) is 13.4 Å². The summed E-state index contributed by atoms with van der Waals surface area (Å²) < 4.78 is 10.2. The third kappa shape index (κ3) is 5.45. The molecule has 9 nitrogen and oxygen atoms in total. The minimum absolute atomic E-state index is 0.207. The molecule has 1 N–H and O–H groups in total. The smallest absolute Gasteiger partial charge is 0.178 e. The van der Waals surface area contributed by atoms with Crippen molar-refractivity contribution in [3.05, 3.63) is 42.5 Å². The first-order valence-corrected chi connectivity index (χ1v) is 12.4. The SMILES string of the molecule is CCN(CC)CCN/C=C(\C=NC)c1ccc2c(c1)OCCn1cc(-c3ncnn3C(C)C)nc1-2. The maximum atomic E-state index is 6.14. The first kappa shape index (κ1) is 24.7. The summed E-state index contributed by atoms with van der Waals surface area (Å²) in [6.07, 6.45) is 7.54. The number of nitrogens with one attached hydrogen (secondary N) is 1. The molecule has 0 saturated carbocycles. The van der Waals surface area contributed by atoms with E-state index in [1.165, 1.54) is 0 Å². The van der Waals surface area contributed by atoms with Crippen LogP contribution in [0.1, 0.15) is 39.3 Å². The third-order valence-electron chi connectivity index (χ3n) is 6.21. The van der Waals surface area contributed by atoms with E-state index in [0.717, 1.165) is 66.0 Å². The van der Waals surface area contributed by atoms with Crippen molar-refractivity contribution in [1.29, 1.82) is 0 Å². The summed E-state index contributed by atoms with van der Waals surface area (Å²) in [5, 5.41) is 7.81. The number of hydrogen-bond acceptors (Lipinski definition) is 7. The standard InChI is InChI=1S/C26H36N8O/c1-6-32(7-2)11-10-28-16-21(15-27-5)20-8-9-22-24(14-20)35-13-12-33-17-23(31-25(22)33)26-29-18-30-34(26)19(3)4/h8-9,14-19,28H,6-7,10-13H2,1-5H3/b21-16+,27-15?. The van der Waals surface area contributed by atoms with Crippen molar-refractivity contribution in [3.63, 3.8) is 0 Å². The highest BCUT2D eigenvalue weighted by atomic mass is 16.5. The van der Waals surface area contributed by atoms with Crippen molar-refractivity contribution in [2.75, 3.05) is 39.8 Å². The van der Waals surface area contributed by atoms with E-state index in [0.29, 0.717) is 13.2 Å². The fraction of sp³-hybridized carbons (Fsp3) is 0.462. The molecular weight excluding hydrogens is 440 g/mol. The fourth-order valence-corrected chi connectivity index (χ4v) is 4.26. The van der Waals surface area contributed by atoms with Crippen molar-refractivity contribution in [1.82, 2.24) is 34.5 Å². The van der Waals surface area contributed by atoms with Crippen LogP contribution in [0, 0.1) is 0 Å². The Bertz CT molecular complexity index is 1190. The normalized spacial score (nSPS) is 13.7. The van der Waals surface area contributed by atoms with Crippen LogP contribution < -0.4 is 10.1 Å². The molecule has 0 amide bonds. The van der Waals surface area contributed by atoms with Crippen LogP contribution in [0.15, 0.2) is 41.9 Å². The molecule has 0 fully saturated rings. The Balaban J connectivity index is 1.61. The van der Waals surface area contributed by atoms with Crippen LogP contribution >= 0.6 is 0 Å². The summed E-state index contributed by atoms with van der Waals surface area (Å²) in [5.74, 6) is 2.48.